The summed E-state index contributed by atoms with van der Waals surface area (Å²) in [6, 6.07) is -0.537. The smallest absolute Gasteiger partial charge is 0.321 e. The molecular weight excluding hydrogens is 238 g/mol. The third-order valence-electron chi connectivity index (χ3n) is 2.07. The second-order valence-electron chi connectivity index (χ2n) is 4.17. The van der Waals surface area contributed by atoms with Crippen LogP contribution in [0.5, 0.6) is 0 Å². The summed E-state index contributed by atoms with van der Waals surface area (Å²) in [4.78, 5) is 24.5. The molecule has 0 unspecified atom stereocenters. The summed E-state index contributed by atoms with van der Waals surface area (Å²) in [5.74, 6) is -0.405. The van der Waals surface area contributed by atoms with Crippen molar-refractivity contribution in [3.63, 3.8) is 0 Å². The van der Waals surface area contributed by atoms with Crippen LogP contribution in [0, 0.1) is 0 Å². The number of nitrogens with zero attached hydrogens (tertiary/aromatic N) is 1. The van der Waals surface area contributed by atoms with Crippen molar-refractivity contribution < 1.29 is 19.4 Å². The Bertz CT molecular complexity index is 259. The Kier molecular flexibility index (Phi) is 9.17. The number of hydrogen-bond donors (Lipinski definition) is 3. The van der Waals surface area contributed by atoms with Gasteiger partial charge in [0.25, 0.3) is 0 Å². The first-order valence-electron chi connectivity index (χ1n) is 5.92. The van der Waals surface area contributed by atoms with Gasteiger partial charge >= 0.3 is 6.03 Å². The lowest BCUT2D eigenvalue weighted by molar-refractivity contribution is -0.121. The summed E-state index contributed by atoms with van der Waals surface area (Å²) in [7, 11) is 1.56. The van der Waals surface area contributed by atoms with Crippen molar-refractivity contribution in [1.82, 2.24) is 15.5 Å². The molecule has 0 aromatic heterocycles. The van der Waals surface area contributed by atoms with Crippen molar-refractivity contribution in [3.8, 4) is 0 Å². The van der Waals surface area contributed by atoms with Gasteiger partial charge in [0.1, 0.15) is 0 Å². The summed E-state index contributed by atoms with van der Waals surface area (Å²) in [6.45, 7) is 4.97. The van der Waals surface area contributed by atoms with Gasteiger partial charge in [-0.1, -0.05) is 0 Å². The van der Waals surface area contributed by atoms with Crippen molar-refractivity contribution >= 4 is 11.9 Å². The van der Waals surface area contributed by atoms with E-state index in [1.54, 1.807) is 25.9 Å². The van der Waals surface area contributed by atoms with Gasteiger partial charge in [-0.2, -0.15) is 0 Å². The van der Waals surface area contributed by atoms with E-state index >= 15 is 0 Å². The topological polar surface area (TPSA) is 90.9 Å². The summed E-state index contributed by atoms with van der Waals surface area (Å²) < 4.78 is 4.90. The Morgan fingerprint density at radius 3 is 2.50 bits per heavy atom. The first-order valence-corrected chi connectivity index (χ1v) is 5.92. The Morgan fingerprint density at radius 2 is 2.00 bits per heavy atom. The minimum absolute atomic E-state index is 0.0279. The molecule has 7 heteroatoms. The predicted octanol–water partition coefficient (Wildman–Crippen LogP) is -0.839. The van der Waals surface area contributed by atoms with E-state index in [4.69, 9.17) is 9.84 Å². The second-order valence-corrected chi connectivity index (χ2v) is 4.17. The molecule has 3 amide bonds. The molecule has 0 radical (unpaired) electrons. The number of methoxy groups -OCH3 is 1. The maximum absolute atomic E-state index is 11.5. The first kappa shape index (κ1) is 16.8. The van der Waals surface area contributed by atoms with Crippen LogP contribution in [0.1, 0.15) is 13.8 Å². The van der Waals surface area contributed by atoms with Crippen LogP contribution in [0.4, 0.5) is 4.79 Å². The molecule has 18 heavy (non-hydrogen) atoms. The molecule has 0 aliphatic rings. The van der Waals surface area contributed by atoms with E-state index in [-0.39, 0.29) is 19.2 Å². The Balaban J connectivity index is 4.03. The van der Waals surface area contributed by atoms with Gasteiger partial charge in [0.05, 0.1) is 19.8 Å². The third-order valence-corrected chi connectivity index (χ3v) is 2.07. The molecule has 0 heterocycles. The van der Waals surface area contributed by atoms with Crippen LogP contribution in [-0.4, -0.2) is 67.9 Å². The number of rotatable bonds is 8. The van der Waals surface area contributed by atoms with Crippen LogP contribution in [0.3, 0.4) is 0 Å². The molecule has 0 aromatic carbocycles. The molecule has 3 N–H and O–H groups in total. The maximum atomic E-state index is 11.5. The average Bonchev–Trinajstić information content (AvgIpc) is 2.24. The monoisotopic (exact) mass is 261 g/mol. The van der Waals surface area contributed by atoms with Crippen molar-refractivity contribution in [2.75, 3.05) is 40.0 Å². The van der Waals surface area contributed by atoms with E-state index < -0.39 is 11.9 Å². The van der Waals surface area contributed by atoms with E-state index in [0.717, 1.165) is 0 Å². The Morgan fingerprint density at radius 1 is 1.33 bits per heavy atom. The van der Waals surface area contributed by atoms with E-state index in [1.807, 2.05) is 0 Å². The molecular formula is C11H23N3O4. The summed E-state index contributed by atoms with van der Waals surface area (Å²) in [5, 5.41) is 13.6. The first-order chi connectivity index (χ1) is 8.49. The van der Waals surface area contributed by atoms with Crippen LogP contribution in [0.2, 0.25) is 0 Å². The maximum Gasteiger partial charge on any atom is 0.321 e. The van der Waals surface area contributed by atoms with E-state index in [9.17, 15) is 9.59 Å². The van der Waals surface area contributed by atoms with Crippen molar-refractivity contribution in [1.29, 1.82) is 0 Å². The highest BCUT2D eigenvalue weighted by Gasteiger charge is 2.13. The number of ether oxygens (including phenoxy) is 1. The molecule has 0 aliphatic carbocycles. The lowest BCUT2D eigenvalue weighted by Gasteiger charge is -2.20. The fourth-order valence-electron chi connectivity index (χ4n) is 1.30. The number of aliphatic hydroxyl groups is 1. The molecule has 0 bridgehead atoms. The SMILES string of the molecule is COCCN(CCO)CC(=O)NC(=O)NC(C)C. The van der Waals surface area contributed by atoms with Gasteiger partial charge in [0.2, 0.25) is 5.91 Å². The number of carbonyl (C=O) groups is 2. The van der Waals surface area contributed by atoms with Gasteiger partial charge in [-0.15, -0.1) is 0 Å². The minimum Gasteiger partial charge on any atom is -0.395 e. The molecule has 0 fully saturated rings. The highest BCUT2D eigenvalue weighted by molar-refractivity contribution is 5.95. The molecule has 0 saturated carbocycles. The highest BCUT2D eigenvalue weighted by atomic mass is 16.5. The van der Waals surface area contributed by atoms with Gasteiger partial charge in [0.15, 0.2) is 0 Å². The van der Waals surface area contributed by atoms with Crippen molar-refractivity contribution in [2.45, 2.75) is 19.9 Å². The molecule has 0 atom stereocenters. The lowest BCUT2D eigenvalue weighted by Crippen LogP contribution is -2.47. The molecule has 0 spiro atoms. The average molecular weight is 261 g/mol. The summed E-state index contributed by atoms with van der Waals surface area (Å²) in [5.41, 5.74) is 0. The number of urea groups is 1. The van der Waals surface area contributed by atoms with Gasteiger partial charge in [-0.3, -0.25) is 15.0 Å². The zero-order chi connectivity index (χ0) is 14.0. The fourth-order valence-corrected chi connectivity index (χ4v) is 1.30. The Hall–Kier alpha value is -1.18. The number of hydrogen-bond acceptors (Lipinski definition) is 5. The fraction of sp³-hybridized carbons (Fsp3) is 0.818. The number of nitrogens with one attached hydrogen (secondary N) is 2. The highest BCUT2D eigenvalue weighted by Crippen LogP contribution is 1.88. The van der Waals surface area contributed by atoms with E-state index in [0.29, 0.717) is 19.7 Å². The van der Waals surface area contributed by atoms with Gasteiger partial charge in [0, 0.05) is 26.2 Å². The quantitative estimate of drug-likeness (QED) is 0.530. The van der Waals surface area contributed by atoms with Crippen molar-refractivity contribution in [3.05, 3.63) is 0 Å². The summed E-state index contributed by atoms with van der Waals surface area (Å²) >= 11 is 0. The molecule has 106 valence electrons. The van der Waals surface area contributed by atoms with E-state index in [2.05, 4.69) is 10.6 Å². The third kappa shape index (κ3) is 8.91. The normalized spacial score (nSPS) is 10.8. The van der Waals surface area contributed by atoms with Gasteiger partial charge in [-0.05, 0) is 13.8 Å². The molecule has 7 nitrogen and oxygen atoms in total. The zero-order valence-electron chi connectivity index (χ0n) is 11.2. The van der Waals surface area contributed by atoms with Gasteiger partial charge < -0.3 is 15.2 Å². The van der Waals surface area contributed by atoms with Crippen LogP contribution in [0.15, 0.2) is 0 Å². The van der Waals surface area contributed by atoms with Crippen LogP contribution < -0.4 is 10.6 Å². The van der Waals surface area contributed by atoms with Crippen LogP contribution in [0.25, 0.3) is 0 Å². The number of imide groups is 1. The predicted molar refractivity (Wildman–Crippen MR) is 67.2 cm³/mol. The largest absolute Gasteiger partial charge is 0.395 e. The van der Waals surface area contributed by atoms with Gasteiger partial charge in [-0.25, -0.2) is 4.79 Å². The lowest BCUT2D eigenvalue weighted by atomic mass is 10.4. The number of amides is 3. The summed E-state index contributed by atoms with van der Waals surface area (Å²) in [6.07, 6.45) is 0. The zero-order valence-corrected chi connectivity index (χ0v) is 11.2. The van der Waals surface area contributed by atoms with Crippen LogP contribution >= 0.6 is 0 Å². The standard InChI is InChI=1S/C11H23N3O4/c1-9(2)12-11(17)13-10(16)8-14(4-6-15)5-7-18-3/h9,15H,4-8H2,1-3H3,(H2,12,13,16,17). The number of carbonyl (C=O) groups excluding carboxylic acids is 2. The van der Waals surface area contributed by atoms with E-state index in [1.165, 1.54) is 0 Å². The number of aliphatic hydroxyl groups excluding tert-OH is 1. The molecule has 0 aliphatic heterocycles. The minimum atomic E-state index is -0.509. The second kappa shape index (κ2) is 9.81. The Labute approximate surface area is 107 Å². The molecule has 0 aromatic rings. The van der Waals surface area contributed by atoms with Crippen molar-refractivity contribution in [2.24, 2.45) is 0 Å². The molecule has 0 saturated heterocycles. The molecule has 0 rings (SSSR count). The van der Waals surface area contributed by atoms with Crippen LogP contribution in [-0.2, 0) is 9.53 Å².